The number of alkyl halides is 6. The van der Waals surface area contributed by atoms with E-state index in [-0.39, 0.29) is 22.8 Å². The molecule has 2 aromatic heterocycles. The van der Waals surface area contributed by atoms with Crippen molar-refractivity contribution in [2.24, 2.45) is 0 Å². The first-order chi connectivity index (χ1) is 29.7. The summed E-state index contributed by atoms with van der Waals surface area (Å²) in [7, 11) is 0. The third kappa shape index (κ3) is 6.28. The van der Waals surface area contributed by atoms with Crippen molar-refractivity contribution >= 4 is 43.6 Å². The standard InChI is InChI=1S/C49H21F6N7/c50-48(51,52)34-18-33(19-35(21-34)49(53,54)55)32-6-8-37(47(20-32)62-44-11-4-29(24-58)15-40(44)41-16-30(25-59)5-12-45(41)62)36-7-1-31(26-60)17-46(36)61-42-9-2-27(22-56)13-38(42)39-14-28(23-57)3-10-43(39)61/h1-21H. The minimum absolute atomic E-state index is 0.0118. The molecule has 7 nitrogen and oxygen atoms in total. The molecule has 0 aliphatic heterocycles. The number of halogens is 6. The molecule has 0 saturated heterocycles. The second-order valence-electron chi connectivity index (χ2n) is 14.4. The number of nitriles is 5. The summed E-state index contributed by atoms with van der Waals surface area (Å²) in [5.41, 5.74) is 2.15. The molecule has 0 saturated carbocycles. The predicted molar refractivity (Wildman–Crippen MR) is 220 cm³/mol. The first-order valence-electron chi connectivity index (χ1n) is 18.5. The number of nitrogens with zero attached hydrogens (tertiary/aromatic N) is 7. The van der Waals surface area contributed by atoms with Crippen LogP contribution in [0.25, 0.3) is 77.2 Å². The Kier molecular flexibility index (Phi) is 8.84. The minimum Gasteiger partial charge on any atom is -0.309 e. The molecule has 0 radical (unpaired) electrons. The average molecular weight is 822 g/mol. The van der Waals surface area contributed by atoms with Gasteiger partial charge in [-0.2, -0.15) is 52.7 Å². The van der Waals surface area contributed by atoms with Crippen LogP contribution in [0.4, 0.5) is 26.3 Å². The Bertz CT molecular complexity index is 3450. The van der Waals surface area contributed by atoms with E-state index in [1.54, 1.807) is 102 Å². The molecule has 294 valence electrons. The fourth-order valence-corrected chi connectivity index (χ4v) is 8.10. The van der Waals surface area contributed by atoms with Crippen LogP contribution in [0.15, 0.2) is 127 Å². The highest BCUT2D eigenvalue weighted by molar-refractivity contribution is 6.12. The van der Waals surface area contributed by atoms with E-state index in [0.29, 0.717) is 100 Å². The average Bonchev–Trinajstić information content (AvgIpc) is 3.78. The van der Waals surface area contributed by atoms with E-state index < -0.39 is 23.5 Å². The van der Waals surface area contributed by atoms with E-state index in [9.17, 15) is 52.7 Å². The Balaban J connectivity index is 1.43. The first-order valence-corrected chi connectivity index (χ1v) is 18.5. The van der Waals surface area contributed by atoms with Gasteiger partial charge in [0.2, 0.25) is 0 Å². The quantitative estimate of drug-likeness (QED) is 0.163. The summed E-state index contributed by atoms with van der Waals surface area (Å²) in [5, 5.41) is 51.9. The summed E-state index contributed by atoms with van der Waals surface area (Å²) in [5.74, 6) is 0. The van der Waals surface area contributed by atoms with Crippen LogP contribution in [0, 0.1) is 56.7 Å². The van der Waals surface area contributed by atoms with Gasteiger partial charge in [0.1, 0.15) is 0 Å². The topological polar surface area (TPSA) is 129 Å². The van der Waals surface area contributed by atoms with E-state index >= 15 is 0 Å². The fourth-order valence-electron chi connectivity index (χ4n) is 8.10. The number of hydrogen-bond donors (Lipinski definition) is 0. The highest BCUT2D eigenvalue weighted by Gasteiger charge is 2.37. The molecule has 2 heterocycles. The summed E-state index contributed by atoms with van der Waals surface area (Å²) < 4.78 is 88.8. The molecule has 13 heteroatoms. The smallest absolute Gasteiger partial charge is 0.309 e. The predicted octanol–water partition coefficient (Wildman–Crippen LogP) is 12.6. The van der Waals surface area contributed by atoms with Crippen LogP contribution >= 0.6 is 0 Å². The normalized spacial score (nSPS) is 11.6. The zero-order valence-corrected chi connectivity index (χ0v) is 31.5. The third-order valence-electron chi connectivity index (χ3n) is 10.9. The van der Waals surface area contributed by atoms with Crippen molar-refractivity contribution in [3.63, 3.8) is 0 Å². The van der Waals surface area contributed by atoms with Gasteiger partial charge < -0.3 is 9.13 Å². The Morgan fingerprint density at radius 1 is 0.339 bits per heavy atom. The highest BCUT2D eigenvalue weighted by Crippen LogP contribution is 2.44. The maximum Gasteiger partial charge on any atom is 0.416 e. The maximum atomic E-state index is 14.2. The van der Waals surface area contributed by atoms with Gasteiger partial charge in [-0.15, -0.1) is 0 Å². The van der Waals surface area contributed by atoms with Gasteiger partial charge in [0.05, 0.1) is 103 Å². The zero-order valence-electron chi connectivity index (χ0n) is 31.5. The zero-order chi connectivity index (χ0) is 43.7. The number of benzene rings is 7. The van der Waals surface area contributed by atoms with Crippen molar-refractivity contribution in [2.75, 3.05) is 0 Å². The molecule has 0 fully saturated rings. The Labute approximate surface area is 347 Å². The van der Waals surface area contributed by atoms with Gasteiger partial charge in [-0.1, -0.05) is 18.2 Å². The monoisotopic (exact) mass is 821 g/mol. The number of rotatable bonds is 4. The van der Waals surface area contributed by atoms with Gasteiger partial charge >= 0.3 is 12.4 Å². The van der Waals surface area contributed by atoms with Gasteiger partial charge in [-0.05, 0) is 120 Å². The second kappa shape index (κ2) is 14.2. The lowest BCUT2D eigenvalue weighted by Gasteiger charge is -2.20. The van der Waals surface area contributed by atoms with Crippen LogP contribution in [0.2, 0.25) is 0 Å². The van der Waals surface area contributed by atoms with Gasteiger partial charge in [-0.25, -0.2) is 0 Å². The van der Waals surface area contributed by atoms with Gasteiger partial charge in [0, 0.05) is 32.7 Å². The molecule has 0 unspecified atom stereocenters. The summed E-state index contributed by atoms with van der Waals surface area (Å²) in [4.78, 5) is 0. The van der Waals surface area contributed by atoms with E-state index in [2.05, 4.69) is 30.3 Å². The van der Waals surface area contributed by atoms with E-state index in [1.165, 1.54) is 12.1 Å². The van der Waals surface area contributed by atoms with Crippen LogP contribution in [-0.4, -0.2) is 9.13 Å². The molecule has 9 rings (SSSR count). The molecule has 0 atom stereocenters. The molecule has 9 aromatic rings. The third-order valence-corrected chi connectivity index (χ3v) is 10.9. The Morgan fingerprint density at radius 3 is 1.02 bits per heavy atom. The van der Waals surface area contributed by atoms with E-state index in [0.717, 1.165) is 0 Å². The number of fused-ring (bicyclic) bond motifs is 6. The number of hydrogen-bond acceptors (Lipinski definition) is 5. The molecule has 0 amide bonds. The van der Waals surface area contributed by atoms with E-state index in [4.69, 9.17) is 0 Å². The lowest BCUT2D eigenvalue weighted by atomic mass is 9.94. The fraction of sp³-hybridized carbons (Fsp3) is 0.0408. The molecule has 0 aliphatic carbocycles. The number of aromatic nitrogens is 2. The lowest BCUT2D eigenvalue weighted by Crippen LogP contribution is -2.11. The molecular formula is C49H21F6N7. The van der Waals surface area contributed by atoms with Crippen molar-refractivity contribution < 1.29 is 26.3 Å². The van der Waals surface area contributed by atoms with Crippen molar-refractivity contribution in [3.05, 3.63) is 166 Å². The minimum atomic E-state index is -5.11. The second-order valence-corrected chi connectivity index (χ2v) is 14.4. The summed E-state index contributed by atoms with van der Waals surface area (Å²) in [6.45, 7) is 0. The van der Waals surface area contributed by atoms with Crippen molar-refractivity contribution in [1.29, 1.82) is 26.3 Å². The van der Waals surface area contributed by atoms with E-state index in [1.807, 2.05) is 4.57 Å². The van der Waals surface area contributed by atoms with Crippen LogP contribution in [-0.2, 0) is 12.4 Å². The maximum absolute atomic E-state index is 14.2. The van der Waals surface area contributed by atoms with Crippen molar-refractivity contribution in [3.8, 4) is 64.0 Å². The van der Waals surface area contributed by atoms with Gasteiger partial charge in [0.25, 0.3) is 0 Å². The highest BCUT2D eigenvalue weighted by atomic mass is 19.4. The van der Waals surface area contributed by atoms with Crippen molar-refractivity contribution in [2.45, 2.75) is 12.4 Å². The molecule has 0 N–H and O–H groups in total. The van der Waals surface area contributed by atoms with Gasteiger partial charge in [-0.3, -0.25) is 0 Å². The SMILES string of the molecule is N#Cc1ccc(-c2ccc(-c3cc(C(F)(F)F)cc(C(F)(F)F)c3)cc2-n2c3ccc(C#N)cc3c3cc(C#N)ccc32)c(-n2c3ccc(C#N)cc3c3cc(C#N)ccc32)c1. The molecule has 62 heavy (non-hydrogen) atoms. The Morgan fingerprint density at radius 2 is 0.661 bits per heavy atom. The first kappa shape index (κ1) is 38.7. The molecule has 0 bridgehead atoms. The van der Waals surface area contributed by atoms with Crippen LogP contribution in [0.5, 0.6) is 0 Å². The van der Waals surface area contributed by atoms with Crippen LogP contribution in [0.1, 0.15) is 38.9 Å². The summed E-state index contributed by atoms with van der Waals surface area (Å²) in [6.07, 6.45) is -10.2. The van der Waals surface area contributed by atoms with Gasteiger partial charge in [0.15, 0.2) is 0 Å². The lowest BCUT2D eigenvalue weighted by molar-refractivity contribution is -0.143. The Hall–Kier alpha value is -8.83. The van der Waals surface area contributed by atoms with Crippen LogP contribution in [0.3, 0.4) is 0 Å². The molecule has 0 spiro atoms. The largest absolute Gasteiger partial charge is 0.416 e. The van der Waals surface area contributed by atoms with Crippen molar-refractivity contribution in [1.82, 2.24) is 9.13 Å². The molecule has 7 aromatic carbocycles. The molecule has 0 aliphatic rings. The summed E-state index contributed by atoms with van der Waals surface area (Å²) in [6, 6.07) is 41.4. The molecular weight excluding hydrogens is 801 g/mol. The summed E-state index contributed by atoms with van der Waals surface area (Å²) >= 11 is 0. The van der Waals surface area contributed by atoms with Crippen LogP contribution < -0.4 is 0 Å².